The quantitative estimate of drug-likeness (QED) is 0.782. The van der Waals surface area contributed by atoms with Crippen molar-refractivity contribution in [3.63, 3.8) is 0 Å². The van der Waals surface area contributed by atoms with E-state index in [2.05, 4.69) is 20.9 Å². The molecule has 0 aliphatic heterocycles. The number of aromatic nitrogens is 2. The van der Waals surface area contributed by atoms with E-state index in [1.165, 1.54) is 7.05 Å². The van der Waals surface area contributed by atoms with E-state index in [0.717, 1.165) is 4.57 Å². The zero-order chi connectivity index (χ0) is 12.6. The van der Waals surface area contributed by atoms with Gasteiger partial charge in [0.15, 0.2) is 0 Å². The van der Waals surface area contributed by atoms with Gasteiger partial charge in [0.2, 0.25) is 5.82 Å². The van der Waals surface area contributed by atoms with Crippen molar-refractivity contribution < 1.29 is 13.2 Å². The first-order valence-corrected chi connectivity index (χ1v) is 5.55. The van der Waals surface area contributed by atoms with Gasteiger partial charge >= 0.3 is 6.18 Å². The molecule has 0 saturated carbocycles. The maximum atomic E-state index is 12.7. The summed E-state index contributed by atoms with van der Waals surface area (Å²) < 4.78 is 39.2. The lowest BCUT2D eigenvalue weighted by Gasteiger charge is -2.08. The minimum Gasteiger partial charge on any atom is -0.323 e. The molecule has 0 aliphatic carbocycles. The van der Waals surface area contributed by atoms with Gasteiger partial charge in [-0.15, -0.1) is 0 Å². The standard InChI is InChI=1S/C11H8BrF3N2/c1-17-8(7-5-3-2-4-6-7)9(12)16-10(17)11(13,14)15/h2-6H,1H3. The largest absolute Gasteiger partial charge is 0.449 e. The maximum absolute atomic E-state index is 12.7. The van der Waals surface area contributed by atoms with Crippen LogP contribution in [0.3, 0.4) is 0 Å². The van der Waals surface area contributed by atoms with Crippen LogP contribution in [-0.4, -0.2) is 9.55 Å². The van der Waals surface area contributed by atoms with Crippen molar-refractivity contribution in [3.05, 3.63) is 40.8 Å². The maximum Gasteiger partial charge on any atom is 0.449 e. The topological polar surface area (TPSA) is 17.8 Å². The molecule has 0 spiro atoms. The van der Waals surface area contributed by atoms with Gasteiger partial charge in [-0.25, -0.2) is 4.98 Å². The summed E-state index contributed by atoms with van der Waals surface area (Å²) in [5, 5.41) is 0. The van der Waals surface area contributed by atoms with Gasteiger partial charge in [0.1, 0.15) is 4.60 Å². The molecule has 0 radical (unpaired) electrons. The van der Waals surface area contributed by atoms with Crippen LogP contribution in [-0.2, 0) is 13.2 Å². The Labute approximate surface area is 104 Å². The highest BCUT2D eigenvalue weighted by Gasteiger charge is 2.37. The van der Waals surface area contributed by atoms with Crippen LogP contribution >= 0.6 is 15.9 Å². The third kappa shape index (κ3) is 2.22. The van der Waals surface area contributed by atoms with Crippen LogP contribution in [0.2, 0.25) is 0 Å². The fourth-order valence-electron chi connectivity index (χ4n) is 1.63. The molecule has 2 nitrogen and oxygen atoms in total. The molecule has 0 fully saturated rings. The molecule has 1 aromatic heterocycles. The summed E-state index contributed by atoms with van der Waals surface area (Å²) in [6.07, 6.45) is -4.45. The van der Waals surface area contributed by atoms with Crippen molar-refractivity contribution in [1.82, 2.24) is 9.55 Å². The van der Waals surface area contributed by atoms with Gasteiger partial charge in [0.05, 0.1) is 5.69 Å². The first-order valence-electron chi connectivity index (χ1n) is 4.76. The normalized spacial score (nSPS) is 11.8. The monoisotopic (exact) mass is 304 g/mol. The number of imidazole rings is 1. The summed E-state index contributed by atoms with van der Waals surface area (Å²) in [6.45, 7) is 0. The molecule has 1 aromatic carbocycles. The van der Waals surface area contributed by atoms with Gasteiger partial charge in [-0.05, 0) is 15.9 Å². The van der Waals surface area contributed by atoms with E-state index in [9.17, 15) is 13.2 Å². The Morgan fingerprint density at radius 3 is 2.24 bits per heavy atom. The minimum absolute atomic E-state index is 0.193. The number of benzene rings is 1. The summed E-state index contributed by atoms with van der Waals surface area (Å²) in [5.74, 6) is -0.914. The summed E-state index contributed by atoms with van der Waals surface area (Å²) in [5.41, 5.74) is 1.10. The predicted molar refractivity (Wildman–Crippen MR) is 61.3 cm³/mol. The molecule has 0 saturated heterocycles. The van der Waals surface area contributed by atoms with Crippen LogP contribution in [0, 0.1) is 0 Å². The SMILES string of the molecule is Cn1c(C(F)(F)F)nc(Br)c1-c1ccccc1. The van der Waals surface area contributed by atoms with Gasteiger partial charge in [0, 0.05) is 12.6 Å². The van der Waals surface area contributed by atoms with Crippen molar-refractivity contribution in [2.45, 2.75) is 6.18 Å². The van der Waals surface area contributed by atoms with Gasteiger partial charge in [-0.3, -0.25) is 0 Å². The van der Waals surface area contributed by atoms with Crippen molar-refractivity contribution in [3.8, 4) is 11.3 Å². The first-order chi connectivity index (χ1) is 7.91. The van der Waals surface area contributed by atoms with Crippen LogP contribution in [0.4, 0.5) is 13.2 Å². The molecule has 1 heterocycles. The highest BCUT2D eigenvalue weighted by molar-refractivity contribution is 9.10. The second-order valence-electron chi connectivity index (χ2n) is 3.50. The molecule has 2 aromatic rings. The van der Waals surface area contributed by atoms with Crippen molar-refractivity contribution >= 4 is 15.9 Å². The summed E-state index contributed by atoms with van der Waals surface area (Å²) >= 11 is 3.07. The Morgan fingerprint density at radius 2 is 1.76 bits per heavy atom. The molecule has 0 amide bonds. The molecule has 0 atom stereocenters. The highest BCUT2D eigenvalue weighted by atomic mass is 79.9. The lowest BCUT2D eigenvalue weighted by molar-refractivity contribution is -0.146. The number of nitrogens with zero attached hydrogens (tertiary/aromatic N) is 2. The predicted octanol–water partition coefficient (Wildman–Crippen LogP) is 3.87. The second-order valence-corrected chi connectivity index (χ2v) is 4.25. The third-order valence-electron chi connectivity index (χ3n) is 2.35. The fraction of sp³-hybridized carbons (Fsp3) is 0.182. The molecule has 0 unspecified atom stereocenters. The highest BCUT2D eigenvalue weighted by Crippen LogP contribution is 2.35. The van der Waals surface area contributed by atoms with Crippen LogP contribution in [0.25, 0.3) is 11.3 Å². The van der Waals surface area contributed by atoms with Crippen molar-refractivity contribution in [2.75, 3.05) is 0 Å². The number of halogens is 4. The van der Waals surface area contributed by atoms with Crippen LogP contribution < -0.4 is 0 Å². The molecular formula is C11H8BrF3N2. The van der Waals surface area contributed by atoms with E-state index in [4.69, 9.17) is 0 Å². The third-order valence-corrected chi connectivity index (χ3v) is 2.91. The Morgan fingerprint density at radius 1 is 1.18 bits per heavy atom. The number of hydrogen-bond donors (Lipinski definition) is 0. The number of rotatable bonds is 1. The van der Waals surface area contributed by atoms with E-state index in [1.54, 1.807) is 30.3 Å². The lowest BCUT2D eigenvalue weighted by Crippen LogP contribution is -2.13. The molecule has 2 rings (SSSR count). The summed E-state index contributed by atoms with van der Waals surface area (Å²) in [7, 11) is 1.35. The number of hydrogen-bond acceptors (Lipinski definition) is 1. The van der Waals surface area contributed by atoms with E-state index in [1.807, 2.05) is 0 Å². The average Bonchev–Trinajstić information content (AvgIpc) is 2.55. The molecule has 0 bridgehead atoms. The molecular weight excluding hydrogens is 297 g/mol. The number of alkyl halides is 3. The van der Waals surface area contributed by atoms with E-state index >= 15 is 0 Å². The second kappa shape index (κ2) is 4.18. The molecule has 0 aliphatic rings. The average molecular weight is 305 g/mol. The van der Waals surface area contributed by atoms with Crippen LogP contribution in [0.1, 0.15) is 5.82 Å². The fourth-order valence-corrected chi connectivity index (χ4v) is 2.29. The summed E-state index contributed by atoms with van der Waals surface area (Å²) in [4.78, 5) is 3.51. The Balaban J connectivity index is 2.61. The first kappa shape index (κ1) is 12.2. The Hall–Kier alpha value is -1.30. The molecule has 17 heavy (non-hydrogen) atoms. The van der Waals surface area contributed by atoms with E-state index in [-0.39, 0.29) is 4.60 Å². The lowest BCUT2D eigenvalue weighted by atomic mass is 10.2. The van der Waals surface area contributed by atoms with Gasteiger partial charge in [0.25, 0.3) is 0 Å². The molecule has 6 heteroatoms. The minimum atomic E-state index is -4.45. The van der Waals surface area contributed by atoms with E-state index in [0.29, 0.717) is 11.3 Å². The zero-order valence-corrected chi connectivity index (χ0v) is 10.4. The Kier molecular flexibility index (Phi) is 2.99. The Bertz CT molecular complexity index is 532. The van der Waals surface area contributed by atoms with Crippen molar-refractivity contribution in [2.24, 2.45) is 7.05 Å². The van der Waals surface area contributed by atoms with Gasteiger partial charge in [-0.2, -0.15) is 13.2 Å². The smallest absolute Gasteiger partial charge is 0.323 e. The zero-order valence-electron chi connectivity index (χ0n) is 8.79. The molecule has 0 N–H and O–H groups in total. The van der Waals surface area contributed by atoms with Gasteiger partial charge < -0.3 is 4.57 Å². The van der Waals surface area contributed by atoms with Crippen molar-refractivity contribution in [1.29, 1.82) is 0 Å². The van der Waals surface area contributed by atoms with Crippen LogP contribution in [0.15, 0.2) is 34.9 Å². The van der Waals surface area contributed by atoms with E-state index < -0.39 is 12.0 Å². The van der Waals surface area contributed by atoms with Crippen LogP contribution in [0.5, 0.6) is 0 Å². The van der Waals surface area contributed by atoms with Gasteiger partial charge in [-0.1, -0.05) is 30.3 Å². The summed E-state index contributed by atoms with van der Waals surface area (Å²) in [6, 6.07) is 8.81. The molecule has 90 valence electrons.